The highest BCUT2D eigenvalue weighted by Crippen LogP contribution is 2.38. The first-order valence-corrected chi connectivity index (χ1v) is 11.7. The summed E-state index contributed by atoms with van der Waals surface area (Å²) >= 11 is 6.62. The number of hydrogen-bond donors (Lipinski definition) is 0. The number of thiocarbonyl (C=S) groups is 1. The quantitative estimate of drug-likeness (QED) is 0.243. The molecule has 4 rings (SSSR count). The molecule has 0 atom stereocenters. The monoisotopic (exact) mass is 469 g/mol. The Hall–Kier alpha value is -2.91. The first kappa shape index (κ1) is 22.3. The number of rotatable bonds is 6. The lowest BCUT2D eigenvalue weighted by Gasteiger charge is -2.28. The third-order valence-corrected chi connectivity index (χ3v) is 6.69. The first-order valence-electron chi connectivity index (χ1n) is 10.5. The molecule has 2 saturated heterocycles. The van der Waals surface area contributed by atoms with Gasteiger partial charge in [-0.2, -0.15) is 0 Å². The molecular weight excluding hydrogens is 446 g/mol. The van der Waals surface area contributed by atoms with Crippen molar-refractivity contribution in [3.8, 4) is 5.75 Å². The van der Waals surface area contributed by atoms with Crippen LogP contribution < -0.4 is 14.5 Å². The molecule has 0 radical (unpaired) electrons. The van der Waals surface area contributed by atoms with Crippen LogP contribution in [0.1, 0.15) is 31.7 Å². The van der Waals surface area contributed by atoms with Crippen molar-refractivity contribution in [1.82, 2.24) is 0 Å². The summed E-state index contributed by atoms with van der Waals surface area (Å²) in [5, 5.41) is 11.7. The minimum atomic E-state index is -0.355. The van der Waals surface area contributed by atoms with Gasteiger partial charge in [-0.1, -0.05) is 30.0 Å². The number of carbonyl (C=O) groups excluding carboxylic acids is 1. The smallest absolute Gasteiger partial charge is 0.293 e. The number of carbonyl (C=O) groups is 1. The molecule has 0 aliphatic carbocycles. The Kier molecular flexibility index (Phi) is 6.76. The summed E-state index contributed by atoms with van der Waals surface area (Å²) in [6.45, 7) is 4.11. The Bertz CT molecular complexity index is 1080. The highest BCUT2D eigenvalue weighted by atomic mass is 32.2. The maximum Gasteiger partial charge on any atom is 0.293 e. The Morgan fingerprint density at radius 3 is 2.53 bits per heavy atom. The molecule has 2 aliphatic heterocycles. The van der Waals surface area contributed by atoms with Gasteiger partial charge in [-0.25, -0.2) is 0 Å². The van der Waals surface area contributed by atoms with Crippen molar-refractivity contribution in [2.24, 2.45) is 0 Å². The van der Waals surface area contributed by atoms with E-state index in [9.17, 15) is 14.9 Å². The van der Waals surface area contributed by atoms with Gasteiger partial charge in [-0.15, -0.1) is 0 Å². The minimum Gasteiger partial charge on any atom is -0.494 e. The molecule has 1 amide bonds. The van der Waals surface area contributed by atoms with Gasteiger partial charge in [-0.05, 0) is 68.2 Å². The van der Waals surface area contributed by atoms with Crippen LogP contribution in [0.4, 0.5) is 17.1 Å². The van der Waals surface area contributed by atoms with E-state index in [2.05, 4.69) is 4.90 Å². The average Bonchev–Trinajstić information content (AvgIpc) is 3.08. The summed E-state index contributed by atoms with van der Waals surface area (Å²) in [7, 11) is 0. The van der Waals surface area contributed by atoms with Crippen molar-refractivity contribution in [2.75, 3.05) is 29.5 Å². The van der Waals surface area contributed by atoms with Gasteiger partial charge in [0, 0.05) is 19.2 Å². The van der Waals surface area contributed by atoms with Gasteiger partial charge in [0.15, 0.2) is 4.32 Å². The fourth-order valence-electron chi connectivity index (χ4n) is 3.88. The molecule has 2 heterocycles. The Morgan fingerprint density at radius 1 is 1.16 bits per heavy atom. The number of nitrogens with zero attached hydrogens (tertiary/aromatic N) is 3. The minimum absolute atomic E-state index is 0.0580. The molecule has 0 aromatic heterocycles. The van der Waals surface area contributed by atoms with Gasteiger partial charge < -0.3 is 9.64 Å². The number of thioether (sulfide) groups is 1. The van der Waals surface area contributed by atoms with Crippen molar-refractivity contribution in [1.29, 1.82) is 0 Å². The zero-order valence-electron chi connectivity index (χ0n) is 17.7. The molecule has 2 fully saturated rings. The number of ether oxygens (including phenoxy) is 1. The predicted octanol–water partition coefficient (Wildman–Crippen LogP) is 5.39. The highest BCUT2D eigenvalue weighted by molar-refractivity contribution is 8.27. The zero-order valence-corrected chi connectivity index (χ0v) is 19.3. The van der Waals surface area contributed by atoms with Crippen molar-refractivity contribution in [2.45, 2.75) is 26.2 Å². The molecule has 32 heavy (non-hydrogen) atoms. The maximum atomic E-state index is 13.0. The van der Waals surface area contributed by atoms with E-state index < -0.39 is 0 Å². The number of nitro groups is 1. The Labute approximate surface area is 196 Å². The van der Waals surface area contributed by atoms with E-state index in [0.717, 1.165) is 38.1 Å². The SMILES string of the molecule is CCOc1ccc(N2C(=O)/C(=C\c3ccc(N4CCCCC4)c([N+](=O)[O-])c3)SC2=S)cc1. The lowest BCUT2D eigenvalue weighted by atomic mass is 10.1. The van der Waals surface area contributed by atoms with Crippen LogP contribution in [0.5, 0.6) is 5.75 Å². The van der Waals surface area contributed by atoms with Gasteiger partial charge >= 0.3 is 0 Å². The molecule has 2 aromatic carbocycles. The van der Waals surface area contributed by atoms with Gasteiger partial charge in [0.1, 0.15) is 11.4 Å². The summed E-state index contributed by atoms with van der Waals surface area (Å²) in [6.07, 6.45) is 4.89. The number of hydrogen-bond acceptors (Lipinski definition) is 7. The van der Waals surface area contributed by atoms with E-state index in [0.29, 0.717) is 32.8 Å². The van der Waals surface area contributed by atoms with E-state index >= 15 is 0 Å². The molecule has 0 spiro atoms. The zero-order chi connectivity index (χ0) is 22.7. The van der Waals surface area contributed by atoms with Crippen molar-refractivity contribution in [3.63, 3.8) is 0 Å². The number of amides is 1. The Balaban J connectivity index is 1.59. The van der Waals surface area contributed by atoms with Gasteiger partial charge in [0.2, 0.25) is 0 Å². The largest absolute Gasteiger partial charge is 0.494 e. The Morgan fingerprint density at radius 2 is 1.88 bits per heavy atom. The summed E-state index contributed by atoms with van der Waals surface area (Å²) in [5.74, 6) is 0.477. The fourth-order valence-corrected chi connectivity index (χ4v) is 5.18. The normalized spacial score (nSPS) is 17.8. The maximum absolute atomic E-state index is 13.0. The molecule has 2 aliphatic rings. The molecule has 0 bridgehead atoms. The lowest BCUT2D eigenvalue weighted by Crippen LogP contribution is -2.29. The van der Waals surface area contributed by atoms with Crippen molar-refractivity contribution >= 4 is 57.3 Å². The molecule has 9 heteroatoms. The number of benzene rings is 2. The van der Waals surface area contributed by atoms with Crippen LogP contribution in [0, 0.1) is 10.1 Å². The van der Waals surface area contributed by atoms with Crippen LogP contribution in [-0.4, -0.2) is 34.8 Å². The van der Waals surface area contributed by atoms with Gasteiger partial charge in [0.25, 0.3) is 11.6 Å². The van der Waals surface area contributed by atoms with E-state index in [1.54, 1.807) is 36.4 Å². The molecular formula is C23H23N3O4S2. The second kappa shape index (κ2) is 9.70. The summed E-state index contributed by atoms with van der Waals surface area (Å²) < 4.78 is 5.87. The van der Waals surface area contributed by atoms with Crippen LogP contribution in [0.15, 0.2) is 47.4 Å². The second-order valence-corrected chi connectivity index (χ2v) is 9.17. The highest BCUT2D eigenvalue weighted by Gasteiger charge is 2.33. The number of piperidine rings is 1. The lowest BCUT2D eigenvalue weighted by molar-refractivity contribution is -0.384. The molecule has 0 unspecified atom stereocenters. The standard InChI is InChI=1S/C23H23N3O4S2/c1-2-30-18-9-7-17(8-10-18)25-22(27)21(32-23(25)31)15-16-6-11-19(20(14-16)26(28)29)24-12-4-3-5-13-24/h6-11,14-15H,2-5,12-13H2,1H3/b21-15+. The summed E-state index contributed by atoms with van der Waals surface area (Å²) in [4.78, 5) is 28.4. The molecule has 0 N–H and O–H groups in total. The third-order valence-electron chi connectivity index (χ3n) is 5.39. The van der Waals surface area contributed by atoms with Crippen LogP contribution in [0.25, 0.3) is 6.08 Å². The van der Waals surface area contributed by atoms with E-state index in [1.165, 1.54) is 22.7 Å². The molecule has 7 nitrogen and oxygen atoms in total. The second-order valence-electron chi connectivity index (χ2n) is 7.50. The fraction of sp³-hybridized carbons (Fsp3) is 0.304. The predicted molar refractivity (Wildman–Crippen MR) is 132 cm³/mol. The van der Waals surface area contributed by atoms with Crippen molar-refractivity contribution in [3.05, 3.63) is 63.0 Å². The molecule has 0 saturated carbocycles. The van der Waals surface area contributed by atoms with Gasteiger partial charge in [-0.3, -0.25) is 19.8 Å². The van der Waals surface area contributed by atoms with Gasteiger partial charge in [0.05, 0.1) is 22.1 Å². The van der Waals surface area contributed by atoms with Crippen LogP contribution >= 0.6 is 24.0 Å². The number of nitro benzene ring substituents is 1. The molecule has 2 aromatic rings. The topological polar surface area (TPSA) is 75.9 Å². The van der Waals surface area contributed by atoms with Crippen LogP contribution in [0.3, 0.4) is 0 Å². The third kappa shape index (κ3) is 4.63. The summed E-state index contributed by atoms with van der Waals surface area (Å²) in [6, 6.07) is 12.3. The number of anilines is 2. The molecule has 166 valence electrons. The van der Waals surface area contributed by atoms with E-state index in [4.69, 9.17) is 17.0 Å². The van der Waals surface area contributed by atoms with Crippen LogP contribution in [0.2, 0.25) is 0 Å². The average molecular weight is 470 g/mol. The van der Waals surface area contributed by atoms with Crippen LogP contribution in [-0.2, 0) is 4.79 Å². The van der Waals surface area contributed by atoms with Crippen molar-refractivity contribution < 1.29 is 14.5 Å². The van der Waals surface area contributed by atoms with E-state index in [1.807, 2.05) is 13.0 Å². The first-order chi connectivity index (χ1) is 15.5. The van der Waals surface area contributed by atoms with E-state index in [-0.39, 0.29) is 16.5 Å². The summed E-state index contributed by atoms with van der Waals surface area (Å²) in [5.41, 5.74) is 1.95.